The first-order chi connectivity index (χ1) is 7.24. The summed E-state index contributed by atoms with van der Waals surface area (Å²) in [6.07, 6.45) is 4.94. The van der Waals surface area contributed by atoms with Gasteiger partial charge in [0.05, 0.1) is 11.8 Å². The zero-order valence-corrected chi connectivity index (χ0v) is 8.73. The minimum absolute atomic E-state index is 0.0897. The van der Waals surface area contributed by atoms with Crippen molar-refractivity contribution in [3.63, 3.8) is 0 Å². The lowest BCUT2D eigenvalue weighted by atomic mass is 10.1. The van der Waals surface area contributed by atoms with Crippen LogP contribution in [0.4, 0.5) is 0 Å². The molecule has 0 aliphatic rings. The van der Waals surface area contributed by atoms with E-state index >= 15 is 0 Å². The van der Waals surface area contributed by atoms with Crippen LogP contribution >= 0.6 is 0 Å². The Balaban J connectivity index is 2.41. The van der Waals surface area contributed by atoms with Gasteiger partial charge in [0.25, 0.3) is 0 Å². The van der Waals surface area contributed by atoms with Crippen molar-refractivity contribution in [2.45, 2.75) is 20.4 Å². The summed E-state index contributed by atoms with van der Waals surface area (Å²) in [6.45, 7) is 4.48. The maximum absolute atomic E-state index is 12.0. The smallest absolute Gasteiger partial charge is 0.231 e. The highest BCUT2D eigenvalue weighted by molar-refractivity contribution is 6.07. The molecular formula is C11H12N2O2. The van der Waals surface area contributed by atoms with Crippen LogP contribution in [0.3, 0.4) is 0 Å². The molecule has 0 radical (unpaired) electrons. The Morgan fingerprint density at radius 3 is 3.00 bits per heavy atom. The molecule has 0 saturated heterocycles. The molecule has 0 spiro atoms. The highest BCUT2D eigenvalue weighted by atomic mass is 16.3. The first-order valence-electron chi connectivity index (χ1n) is 4.84. The zero-order chi connectivity index (χ0) is 10.8. The second kappa shape index (κ2) is 3.73. The fraction of sp³-hybridized carbons (Fsp3) is 0.273. The maximum atomic E-state index is 12.0. The molecule has 0 saturated carbocycles. The standard InChI is InChI=1S/C11H12N2O2/c1-3-13-6-5-12-11(13)10(14)9-4-7-15-8(9)2/h4-7H,3H2,1-2H3. The first kappa shape index (κ1) is 9.71. The maximum Gasteiger partial charge on any atom is 0.231 e. The number of imidazole rings is 1. The largest absolute Gasteiger partial charge is 0.469 e. The predicted octanol–water partition coefficient (Wildman–Crippen LogP) is 2.04. The summed E-state index contributed by atoms with van der Waals surface area (Å²) < 4.78 is 6.91. The van der Waals surface area contributed by atoms with E-state index in [2.05, 4.69) is 4.98 Å². The van der Waals surface area contributed by atoms with Gasteiger partial charge in [0, 0.05) is 18.9 Å². The van der Waals surface area contributed by atoms with Gasteiger partial charge >= 0.3 is 0 Å². The average molecular weight is 204 g/mol. The summed E-state index contributed by atoms with van der Waals surface area (Å²) in [5, 5.41) is 0. The lowest BCUT2D eigenvalue weighted by Crippen LogP contribution is -2.10. The van der Waals surface area contributed by atoms with Crippen molar-refractivity contribution >= 4 is 5.78 Å². The summed E-state index contributed by atoms with van der Waals surface area (Å²) >= 11 is 0. The fourth-order valence-electron chi connectivity index (χ4n) is 1.51. The number of carbonyl (C=O) groups excluding carboxylic acids is 1. The Hall–Kier alpha value is -1.84. The van der Waals surface area contributed by atoms with Crippen LogP contribution in [0.15, 0.2) is 29.1 Å². The quantitative estimate of drug-likeness (QED) is 0.719. The molecule has 0 amide bonds. The van der Waals surface area contributed by atoms with E-state index < -0.39 is 0 Å². The Bertz CT molecular complexity index is 482. The second-order valence-electron chi connectivity index (χ2n) is 3.26. The van der Waals surface area contributed by atoms with E-state index in [9.17, 15) is 4.79 Å². The Morgan fingerprint density at radius 1 is 1.60 bits per heavy atom. The number of furan rings is 1. The third kappa shape index (κ3) is 1.58. The molecule has 0 N–H and O–H groups in total. The zero-order valence-electron chi connectivity index (χ0n) is 8.73. The van der Waals surface area contributed by atoms with Gasteiger partial charge in [0.15, 0.2) is 5.82 Å². The van der Waals surface area contributed by atoms with Gasteiger partial charge in [-0.15, -0.1) is 0 Å². The monoisotopic (exact) mass is 204 g/mol. The molecule has 2 heterocycles. The molecule has 0 aliphatic carbocycles. The lowest BCUT2D eigenvalue weighted by Gasteiger charge is -2.02. The molecule has 4 heteroatoms. The predicted molar refractivity (Wildman–Crippen MR) is 54.8 cm³/mol. The van der Waals surface area contributed by atoms with Crippen molar-refractivity contribution in [3.05, 3.63) is 41.9 Å². The van der Waals surface area contributed by atoms with Crippen LogP contribution in [0.5, 0.6) is 0 Å². The molecule has 2 aromatic rings. The van der Waals surface area contributed by atoms with Crippen LogP contribution in [0.1, 0.15) is 28.9 Å². The van der Waals surface area contributed by atoms with Gasteiger partial charge in [-0.25, -0.2) is 4.98 Å². The molecule has 0 aromatic carbocycles. The van der Waals surface area contributed by atoms with Gasteiger partial charge in [-0.3, -0.25) is 4.79 Å². The Labute approximate surface area is 87.5 Å². The van der Waals surface area contributed by atoms with Gasteiger partial charge in [-0.05, 0) is 19.9 Å². The summed E-state index contributed by atoms with van der Waals surface area (Å²) in [7, 11) is 0. The molecular weight excluding hydrogens is 192 g/mol. The second-order valence-corrected chi connectivity index (χ2v) is 3.26. The summed E-state index contributed by atoms with van der Waals surface area (Å²) in [5.41, 5.74) is 0.580. The third-order valence-corrected chi connectivity index (χ3v) is 2.36. The van der Waals surface area contributed by atoms with Gasteiger partial charge in [0.1, 0.15) is 5.76 Å². The van der Waals surface area contributed by atoms with E-state index in [1.165, 1.54) is 6.26 Å². The van der Waals surface area contributed by atoms with E-state index in [-0.39, 0.29) is 5.78 Å². The number of nitrogens with zero attached hydrogens (tertiary/aromatic N) is 2. The summed E-state index contributed by atoms with van der Waals surface area (Å²) in [4.78, 5) is 16.1. The van der Waals surface area contributed by atoms with Crippen LogP contribution in [-0.4, -0.2) is 15.3 Å². The number of aromatic nitrogens is 2. The van der Waals surface area contributed by atoms with Crippen molar-refractivity contribution in [1.29, 1.82) is 0 Å². The molecule has 4 nitrogen and oxygen atoms in total. The van der Waals surface area contributed by atoms with E-state index in [0.717, 1.165) is 6.54 Å². The number of aryl methyl sites for hydroxylation is 2. The van der Waals surface area contributed by atoms with E-state index in [4.69, 9.17) is 4.42 Å². The molecule has 0 bridgehead atoms. The fourth-order valence-corrected chi connectivity index (χ4v) is 1.51. The van der Waals surface area contributed by atoms with Crippen molar-refractivity contribution in [3.8, 4) is 0 Å². The van der Waals surface area contributed by atoms with Crippen LogP contribution in [-0.2, 0) is 6.54 Å². The van der Waals surface area contributed by atoms with Crippen molar-refractivity contribution in [2.24, 2.45) is 0 Å². The van der Waals surface area contributed by atoms with E-state index in [1.807, 2.05) is 11.5 Å². The molecule has 0 aliphatic heterocycles. The molecule has 2 rings (SSSR count). The van der Waals surface area contributed by atoms with Gasteiger partial charge < -0.3 is 8.98 Å². The SMILES string of the molecule is CCn1ccnc1C(=O)c1ccoc1C. The Morgan fingerprint density at radius 2 is 2.40 bits per heavy atom. The number of hydrogen-bond acceptors (Lipinski definition) is 3. The van der Waals surface area contributed by atoms with E-state index in [1.54, 1.807) is 25.4 Å². The van der Waals surface area contributed by atoms with Crippen molar-refractivity contribution in [2.75, 3.05) is 0 Å². The Kier molecular flexibility index (Phi) is 2.41. The molecule has 0 fully saturated rings. The van der Waals surface area contributed by atoms with Crippen molar-refractivity contribution < 1.29 is 9.21 Å². The average Bonchev–Trinajstić information content (AvgIpc) is 2.84. The lowest BCUT2D eigenvalue weighted by molar-refractivity contribution is 0.102. The molecule has 78 valence electrons. The van der Waals surface area contributed by atoms with Crippen LogP contribution in [0, 0.1) is 6.92 Å². The molecule has 2 aromatic heterocycles. The summed E-state index contributed by atoms with van der Waals surface area (Å²) in [5.74, 6) is 1.00. The van der Waals surface area contributed by atoms with Crippen LogP contribution in [0.2, 0.25) is 0 Å². The highest BCUT2D eigenvalue weighted by Crippen LogP contribution is 2.13. The number of rotatable bonds is 3. The minimum atomic E-state index is -0.0897. The molecule has 0 unspecified atom stereocenters. The third-order valence-electron chi connectivity index (χ3n) is 2.36. The van der Waals surface area contributed by atoms with Gasteiger partial charge in [-0.2, -0.15) is 0 Å². The van der Waals surface area contributed by atoms with Crippen LogP contribution in [0.25, 0.3) is 0 Å². The summed E-state index contributed by atoms with van der Waals surface area (Å²) in [6, 6.07) is 1.67. The van der Waals surface area contributed by atoms with Crippen LogP contribution < -0.4 is 0 Å². The topological polar surface area (TPSA) is 48.0 Å². The first-order valence-corrected chi connectivity index (χ1v) is 4.84. The van der Waals surface area contributed by atoms with Gasteiger partial charge in [-0.1, -0.05) is 0 Å². The minimum Gasteiger partial charge on any atom is -0.469 e. The molecule has 0 atom stereocenters. The van der Waals surface area contributed by atoms with Gasteiger partial charge in [0.2, 0.25) is 5.78 Å². The van der Waals surface area contributed by atoms with Crippen molar-refractivity contribution in [1.82, 2.24) is 9.55 Å². The van der Waals surface area contributed by atoms with E-state index in [0.29, 0.717) is 17.1 Å². The number of carbonyl (C=O) groups is 1. The number of hydrogen-bond donors (Lipinski definition) is 0. The number of ketones is 1. The normalized spacial score (nSPS) is 10.5. The molecule has 15 heavy (non-hydrogen) atoms. The highest BCUT2D eigenvalue weighted by Gasteiger charge is 2.17.